The van der Waals surface area contributed by atoms with Crippen molar-refractivity contribution in [3.05, 3.63) is 150 Å². The topological polar surface area (TPSA) is 34.1 Å². The van der Waals surface area contributed by atoms with Gasteiger partial charge in [-0.05, 0) is 69.4 Å². The molecule has 0 N–H and O–H groups in total. The van der Waals surface area contributed by atoms with E-state index in [0.717, 1.165) is 32.0 Å². The number of carbonyl (C=O) groups is 2. The van der Waals surface area contributed by atoms with Crippen LogP contribution in [0.5, 0.6) is 0 Å². The molecule has 3 aromatic carbocycles. The molecule has 198 valence electrons. The zero-order valence-electron chi connectivity index (χ0n) is 21.2. The molecule has 0 spiro atoms. The second-order valence-corrected chi connectivity index (χ2v) is 13.4. The monoisotopic (exact) mass is 598 g/mol. The van der Waals surface area contributed by atoms with Crippen LogP contribution in [0.15, 0.2) is 108 Å². The Morgan fingerprint density at radius 3 is 1.05 bits per heavy atom. The molecule has 2 aromatic heterocycles. The van der Waals surface area contributed by atoms with Gasteiger partial charge in [0.1, 0.15) is 0 Å². The molecule has 2 saturated carbocycles. The molecule has 2 aliphatic rings. The average Bonchev–Trinajstić information content (AvgIpc) is 3.68. The zero-order valence-corrected chi connectivity index (χ0v) is 24.4. The van der Waals surface area contributed by atoms with E-state index in [9.17, 15) is 9.59 Å². The van der Waals surface area contributed by atoms with Gasteiger partial charge in [-0.3, -0.25) is 9.59 Å². The summed E-state index contributed by atoms with van der Waals surface area (Å²) in [4.78, 5) is 28.6. The van der Waals surface area contributed by atoms with E-state index in [1.54, 1.807) is 0 Å². The van der Waals surface area contributed by atoms with Crippen LogP contribution in [-0.4, -0.2) is 11.6 Å². The number of ketones is 2. The largest absolute Gasteiger partial charge is 0.293 e. The fraction of sp³-hybridized carbons (Fsp3) is 0.176. The number of rotatable bonds is 8. The Balaban J connectivity index is 1.19. The molecule has 7 rings (SSSR count). The van der Waals surface area contributed by atoms with Gasteiger partial charge in [-0.25, -0.2) is 0 Å². The number of hydrogen-bond donors (Lipinski definition) is 0. The van der Waals surface area contributed by atoms with Gasteiger partial charge in [-0.15, -0.1) is 22.7 Å². The van der Waals surface area contributed by atoms with Crippen molar-refractivity contribution in [2.45, 2.75) is 23.7 Å². The van der Waals surface area contributed by atoms with E-state index in [1.165, 1.54) is 22.7 Å². The van der Waals surface area contributed by atoms with Gasteiger partial charge in [0.25, 0.3) is 0 Å². The van der Waals surface area contributed by atoms with Crippen LogP contribution in [0.4, 0.5) is 0 Å². The van der Waals surface area contributed by atoms with Crippen molar-refractivity contribution in [2.24, 2.45) is 11.8 Å². The highest BCUT2D eigenvalue weighted by Crippen LogP contribution is 2.64. The summed E-state index contributed by atoms with van der Waals surface area (Å²) in [6, 6.07) is 32.1. The smallest absolute Gasteiger partial charge is 0.177 e. The minimum Gasteiger partial charge on any atom is -0.293 e. The molecular weight excluding hydrogens is 575 g/mol. The molecule has 5 aromatic rings. The summed E-state index contributed by atoms with van der Waals surface area (Å²) in [6.45, 7) is 0. The van der Waals surface area contributed by atoms with E-state index < -0.39 is 0 Å². The van der Waals surface area contributed by atoms with Gasteiger partial charge in [0.15, 0.2) is 11.6 Å². The highest BCUT2D eigenvalue weighted by molar-refractivity contribution is 7.12. The van der Waals surface area contributed by atoms with E-state index >= 15 is 0 Å². The molecule has 6 atom stereocenters. The van der Waals surface area contributed by atoms with Crippen LogP contribution in [0.2, 0.25) is 10.0 Å². The number of thiophene rings is 2. The summed E-state index contributed by atoms with van der Waals surface area (Å²) in [6.07, 6.45) is 0. The Labute approximate surface area is 251 Å². The summed E-state index contributed by atoms with van der Waals surface area (Å²) in [5.74, 6) is 0.677. The maximum Gasteiger partial charge on any atom is 0.177 e. The van der Waals surface area contributed by atoms with E-state index in [4.69, 9.17) is 23.2 Å². The fourth-order valence-corrected chi connectivity index (χ4v) is 8.09. The summed E-state index contributed by atoms with van der Waals surface area (Å²) in [7, 11) is 0. The summed E-state index contributed by atoms with van der Waals surface area (Å²) in [5.41, 5.74) is 4.59. The van der Waals surface area contributed by atoms with Gasteiger partial charge in [0.2, 0.25) is 0 Å². The lowest BCUT2D eigenvalue weighted by Gasteiger charge is -2.05. The summed E-state index contributed by atoms with van der Waals surface area (Å²) >= 11 is 15.3. The quantitative estimate of drug-likeness (QED) is 0.166. The number of carbonyl (C=O) groups excluding carboxylic acids is 2. The average molecular weight is 600 g/mol. The SMILES string of the molecule is O=C(c1cccs1)C1C(c2ccc(Cl)cc2)C1c1ccc(C2C(C(=O)c3cccs3)C2c2ccc(Cl)cc2)cc1. The first-order chi connectivity index (χ1) is 19.5. The van der Waals surface area contributed by atoms with Crippen molar-refractivity contribution in [2.75, 3.05) is 0 Å². The Morgan fingerprint density at radius 2 is 0.775 bits per heavy atom. The first kappa shape index (κ1) is 25.9. The molecular formula is C34H24Cl2O2S2. The van der Waals surface area contributed by atoms with Crippen LogP contribution in [0.3, 0.4) is 0 Å². The zero-order chi connectivity index (χ0) is 27.4. The Hall–Kier alpha value is -3.02. The predicted octanol–water partition coefficient (Wildman–Crippen LogP) is 9.88. The number of benzene rings is 3. The lowest BCUT2D eigenvalue weighted by atomic mass is 9.99. The predicted molar refractivity (Wildman–Crippen MR) is 165 cm³/mol. The van der Waals surface area contributed by atoms with Crippen LogP contribution in [0.1, 0.15) is 65.3 Å². The normalized spacial score (nSPS) is 24.9. The molecule has 0 radical (unpaired) electrons. The Morgan fingerprint density at radius 1 is 0.475 bits per heavy atom. The minimum atomic E-state index is -0.0958. The summed E-state index contributed by atoms with van der Waals surface area (Å²) in [5, 5.41) is 5.30. The van der Waals surface area contributed by atoms with Crippen LogP contribution >= 0.6 is 45.9 Å². The van der Waals surface area contributed by atoms with Gasteiger partial charge < -0.3 is 0 Å². The lowest BCUT2D eigenvalue weighted by molar-refractivity contribution is 0.0959. The number of Topliss-reactive ketones (excluding diaryl/α,β-unsaturated/α-hetero) is 2. The first-order valence-corrected chi connectivity index (χ1v) is 15.8. The highest BCUT2D eigenvalue weighted by atomic mass is 35.5. The standard InChI is InChI=1S/C34H24Cl2O2S2/c35-23-13-9-21(10-14-23)29-27(31(29)33(37)25-3-1-17-39-25)19-5-7-20(8-6-19)28-30(22-11-15-24(36)16-12-22)32(28)34(38)26-4-2-18-40-26/h1-18,27-32H. The van der Waals surface area contributed by atoms with Crippen LogP contribution in [-0.2, 0) is 0 Å². The van der Waals surface area contributed by atoms with Crippen molar-refractivity contribution < 1.29 is 9.59 Å². The third-order valence-corrected chi connectivity index (χ3v) is 10.7. The van der Waals surface area contributed by atoms with E-state index in [0.29, 0.717) is 10.0 Å². The maximum absolute atomic E-state index is 13.5. The molecule has 2 heterocycles. The van der Waals surface area contributed by atoms with Gasteiger partial charge in [-0.1, -0.05) is 83.9 Å². The summed E-state index contributed by atoms with van der Waals surface area (Å²) < 4.78 is 0. The van der Waals surface area contributed by atoms with Gasteiger partial charge in [-0.2, -0.15) is 0 Å². The molecule has 0 aliphatic heterocycles. The molecule has 0 saturated heterocycles. The van der Waals surface area contributed by atoms with Crippen molar-refractivity contribution >= 4 is 57.4 Å². The van der Waals surface area contributed by atoms with Gasteiger partial charge >= 0.3 is 0 Å². The molecule has 2 aliphatic carbocycles. The van der Waals surface area contributed by atoms with Crippen LogP contribution in [0, 0.1) is 11.8 Å². The third kappa shape index (κ3) is 4.67. The lowest BCUT2D eigenvalue weighted by Crippen LogP contribution is -2.02. The number of halogens is 2. The van der Waals surface area contributed by atoms with E-state index in [2.05, 4.69) is 24.3 Å². The first-order valence-electron chi connectivity index (χ1n) is 13.3. The Kier molecular flexibility index (Phi) is 6.76. The van der Waals surface area contributed by atoms with E-state index in [-0.39, 0.29) is 47.1 Å². The van der Waals surface area contributed by atoms with Crippen molar-refractivity contribution in [3.63, 3.8) is 0 Å². The fourth-order valence-electron chi connectivity index (χ4n) is 6.41. The molecule has 2 fully saturated rings. The molecule has 40 heavy (non-hydrogen) atoms. The van der Waals surface area contributed by atoms with Crippen LogP contribution < -0.4 is 0 Å². The molecule has 6 unspecified atom stereocenters. The van der Waals surface area contributed by atoms with Crippen molar-refractivity contribution in [3.8, 4) is 0 Å². The Bertz CT molecular complexity index is 1530. The molecule has 6 heteroatoms. The van der Waals surface area contributed by atoms with Gasteiger partial charge in [0.05, 0.1) is 9.75 Å². The van der Waals surface area contributed by atoms with Crippen molar-refractivity contribution in [1.82, 2.24) is 0 Å². The van der Waals surface area contributed by atoms with Gasteiger partial charge in [0, 0.05) is 45.6 Å². The molecule has 0 bridgehead atoms. The third-order valence-electron chi connectivity index (χ3n) is 8.39. The van der Waals surface area contributed by atoms with Crippen LogP contribution in [0.25, 0.3) is 0 Å². The molecule has 0 amide bonds. The second-order valence-electron chi connectivity index (χ2n) is 10.6. The van der Waals surface area contributed by atoms with Crippen molar-refractivity contribution in [1.29, 1.82) is 0 Å². The number of hydrogen-bond acceptors (Lipinski definition) is 4. The maximum atomic E-state index is 13.5. The van der Waals surface area contributed by atoms with E-state index in [1.807, 2.05) is 83.6 Å². The minimum absolute atomic E-state index is 0.0958. The molecule has 2 nitrogen and oxygen atoms in total. The highest BCUT2D eigenvalue weighted by Gasteiger charge is 2.57. The second kappa shape index (κ2) is 10.4.